The van der Waals surface area contributed by atoms with Gasteiger partial charge in [0.15, 0.2) is 0 Å². The molecule has 0 spiro atoms. The smallest absolute Gasteiger partial charge is 0.0409 e. The summed E-state index contributed by atoms with van der Waals surface area (Å²) in [5.41, 5.74) is 0. The van der Waals surface area contributed by atoms with Crippen LogP contribution in [0.4, 0.5) is 0 Å². The van der Waals surface area contributed by atoms with E-state index in [9.17, 15) is 0 Å². The lowest BCUT2D eigenvalue weighted by molar-refractivity contribution is 0.254. The van der Waals surface area contributed by atoms with Gasteiger partial charge in [-0.1, -0.05) is 150 Å². The third-order valence-corrected chi connectivity index (χ3v) is 7.14. The maximum Gasteiger partial charge on any atom is -0.0409 e. The van der Waals surface area contributed by atoms with Crippen molar-refractivity contribution in [3.63, 3.8) is 0 Å². The summed E-state index contributed by atoms with van der Waals surface area (Å²) in [5, 5.41) is 0. The summed E-state index contributed by atoms with van der Waals surface area (Å²) in [7, 11) is 0. The molecule has 0 rings (SSSR count). The van der Waals surface area contributed by atoms with Gasteiger partial charge >= 0.3 is 0 Å². The first kappa shape index (κ1) is 28.0. The highest BCUT2D eigenvalue weighted by atomic mass is 14.2. The lowest BCUT2D eigenvalue weighted by atomic mass is 9.79. The van der Waals surface area contributed by atoms with E-state index >= 15 is 0 Å². The average Bonchev–Trinajstić information content (AvgIpc) is 2.72. The largest absolute Gasteiger partial charge is 0.0654 e. The molecule has 0 heteroatoms. The van der Waals surface area contributed by atoms with Gasteiger partial charge in [-0.25, -0.2) is 0 Å². The van der Waals surface area contributed by atoms with E-state index in [1.807, 2.05) is 0 Å². The zero-order valence-corrected chi connectivity index (χ0v) is 20.9. The molecule has 0 amide bonds. The van der Waals surface area contributed by atoms with Gasteiger partial charge in [-0.2, -0.15) is 0 Å². The molecular formula is C28H58. The van der Waals surface area contributed by atoms with Gasteiger partial charge in [-0.05, 0) is 30.6 Å². The fourth-order valence-electron chi connectivity index (χ4n) is 4.98. The van der Waals surface area contributed by atoms with Gasteiger partial charge in [0.2, 0.25) is 0 Å². The number of hydrogen-bond acceptors (Lipinski definition) is 0. The molecule has 0 aromatic heterocycles. The van der Waals surface area contributed by atoms with Crippen LogP contribution in [0.3, 0.4) is 0 Å². The van der Waals surface area contributed by atoms with Gasteiger partial charge in [-0.15, -0.1) is 0 Å². The molecule has 0 aliphatic carbocycles. The molecule has 0 aromatic rings. The maximum atomic E-state index is 2.43. The lowest BCUT2D eigenvalue weighted by Gasteiger charge is -2.27. The molecule has 0 saturated carbocycles. The van der Waals surface area contributed by atoms with E-state index in [2.05, 4.69) is 34.6 Å². The fourth-order valence-corrected chi connectivity index (χ4v) is 4.98. The molecule has 2 atom stereocenters. The summed E-state index contributed by atoms with van der Waals surface area (Å²) >= 11 is 0. The van der Waals surface area contributed by atoms with E-state index in [1.54, 1.807) is 0 Å². The van der Waals surface area contributed by atoms with Gasteiger partial charge in [-0.3, -0.25) is 0 Å². The average molecular weight is 395 g/mol. The van der Waals surface area contributed by atoms with Crippen molar-refractivity contribution < 1.29 is 0 Å². The highest BCUT2D eigenvalue weighted by molar-refractivity contribution is 4.71. The Hall–Kier alpha value is 0. The molecule has 0 bridgehead atoms. The zero-order valence-electron chi connectivity index (χ0n) is 20.9. The van der Waals surface area contributed by atoms with Crippen molar-refractivity contribution in [1.29, 1.82) is 0 Å². The van der Waals surface area contributed by atoms with E-state index in [4.69, 9.17) is 0 Å². The predicted molar refractivity (Wildman–Crippen MR) is 131 cm³/mol. The number of hydrogen-bond donors (Lipinski definition) is 0. The van der Waals surface area contributed by atoms with E-state index in [0.717, 1.165) is 17.8 Å². The quantitative estimate of drug-likeness (QED) is 0.160. The summed E-state index contributed by atoms with van der Waals surface area (Å²) < 4.78 is 0. The van der Waals surface area contributed by atoms with Crippen molar-refractivity contribution in [3.05, 3.63) is 0 Å². The van der Waals surface area contributed by atoms with E-state index < -0.39 is 0 Å². The van der Waals surface area contributed by atoms with Crippen LogP contribution in [0.2, 0.25) is 0 Å². The first-order valence-corrected chi connectivity index (χ1v) is 13.7. The van der Waals surface area contributed by atoms with Crippen molar-refractivity contribution in [3.8, 4) is 0 Å². The fraction of sp³-hybridized carbons (Fsp3) is 1.00. The first-order chi connectivity index (χ1) is 13.7. The van der Waals surface area contributed by atoms with Crippen LogP contribution in [0, 0.1) is 17.8 Å². The van der Waals surface area contributed by atoms with Crippen LogP contribution >= 0.6 is 0 Å². The normalized spacial score (nSPS) is 14.9. The SMILES string of the molecule is CCCCCCCCCCCC(CC(CC)CCCC)CC(CC)CCCC. The third-order valence-electron chi connectivity index (χ3n) is 7.14. The van der Waals surface area contributed by atoms with Gasteiger partial charge in [0.25, 0.3) is 0 Å². The van der Waals surface area contributed by atoms with Crippen LogP contribution in [0.15, 0.2) is 0 Å². The molecule has 0 heterocycles. The predicted octanol–water partition coefficient (Wildman–Crippen LogP) is 10.7. The van der Waals surface area contributed by atoms with Crippen LogP contribution in [-0.2, 0) is 0 Å². The second-order valence-electron chi connectivity index (χ2n) is 9.79. The second-order valence-corrected chi connectivity index (χ2v) is 9.79. The van der Waals surface area contributed by atoms with Crippen molar-refractivity contribution in [2.75, 3.05) is 0 Å². The molecule has 0 aliphatic rings. The van der Waals surface area contributed by atoms with Crippen molar-refractivity contribution >= 4 is 0 Å². The Bertz CT molecular complexity index is 264. The Balaban J connectivity index is 4.27. The molecule has 2 unspecified atom stereocenters. The lowest BCUT2D eigenvalue weighted by Crippen LogP contribution is -2.14. The van der Waals surface area contributed by atoms with Gasteiger partial charge < -0.3 is 0 Å². The molecule has 0 nitrogen and oxygen atoms in total. The van der Waals surface area contributed by atoms with Crippen molar-refractivity contribution in [2.24, 2.45) is 17.8 Å². The maximum absolute atomic E-state index is 2.43. The standard InChI is InChI=1S/C28H58/c1-6-11-14-15-16-17-18-19-20-23-28(24-26(9-4)21-12-7-2)25-27(10-5)22-13-8-3/h26-28H,6-25H2,1-5H3. The molecule has 0 N–H and O–H groups in total. The first-order valence-electron chi connectivity index (χ1n) is 13.7. The molecule has 0 fully saturated rings. The summed E-state index contributed by atoms with van der Waals surface area (Å²) in [6.07, 6.45) is 29.1. The summed E-state index contributed by atoms with van der Waals surface area (Å²) in [4.78, 5) is 0. The van der Waals surface area contributed by atoms with Crippen LogP contribution in [0.5, 0.6) is 0 Å². The Morgan fingerprint density at radius 1 is 0.357 bits per heavy atom. The molecule has 0 saturated heterocycles. The zero-order chi connectivity index (χ0) is 20.9. The minimum absolute atomic E-state index is 0.993. The van der Waals surface area contributed by atoms with Crippen LogP contribution < -0.4 is 0 Å². The van der Waals surface area contributed by atoms with Gasteiger partial charge in [0.05, 0.1) is 0 Å². The van der Waals surface area contributed by atoms with E-state index in [1.165, 1.54) is 128 Å². The van der Waals surface area contributed by atoms with Crippen LogP contribution in [0.25, 0.3) is 0 Å². The highest BCUT2D eigenvalue weighted by Crippen LogP contribution is 2.32. The van der Waals surface area contributed by atoms with E-state index in [-0.39, 0.29) is 0 Å². The monoisotopic (exact) mass is 394 g/mol. The highest BCUT2D eigenvalue weighted by Gasteiger charge is 2.19. The summed E-state index contributed by atoms with van der Waals surface area (Å²) in [6, 6.07) is 0. The Morgan fingerprint density at radius 2 is 0.714 bits per heavy atom. The van der Waals surface area contributed by atoms with E-state index in [0.29, 0.717) is 0 Å². The van der Waals surface area contributed by atoms with Crippen LogP contribution in [-0.4, -0.2) is 0 Å². The second kappa shape index (κ2) is 21.7. The van der Waals surface area contributed by atoms with Gasteiger partial charge in [0, 0.05) is 0 Å². The Kier molecular flexibility index (Phi) is 21.7. The number of unbranched alkanes of at least 4 members (excludes halogenated alkanes) is 10. The van der Waals surface area contributed by atoms with Crippen LogP contribution in [0.1, 0.15) is 163 Å². The summed E-state index contributed by atoms with van der Waals surface area (Å²) in [5.74, 6) is 2.99. The molecule has 170 valence electrons. The topological polar surface area (TPSA) is 0 Å². The Labute approximate surface area is 181 Å². The Morgan fingerprint density at radius 3 is 1.11 bits per heavy atom. The van der Waals surface area contributed by atoms with Crippen molar-refractivity contribution in [1.82, 2.24) is 0 Å². The summed E-state index contributed by atoms with van der Waals surface area (Å²) in [6.45, 7) is 11.9. The minimum atomic E-state index is 0.993. The molecule has 0 aromatic carbocycles. The minimum Gasteiger partial charge on any atom is -0.0654 e. The third kappa shape index (κ3) is 16.9. The molecule has 28 heavy (non-hydrogen) atoms. The number of rotatable bonds is 22. The molecule has 0 radical (unpaired) electrons. The van der Waals surface area contributed by atoms with Gasteiger partial charge in [0.1, 0.15) is 0 Å². The van der Waals surface area contributed by atoms with Crippen molar-refractivity contribution in [2.45, 2.75) is 163 Å². The molecular weight excluding hydrogens is 336 g/mol. The molecule has 0 aliphatic heterocycles.